The smallest absolute Gasteiger partial charge is 0.255 e. The number of nitrogens with zero attached hydrogens (tertiary/aromatic N) is 4. The number of carbonyl (C=O) groups excluding carboxylic acids is 1. The van der Waals surface area contributed by atoms with Crippen molar-refractivity contribution in [2.24, 2.45) is 0 Å². The van der Waals surface area contributed by atoms with E-state index in [4.69, 9.17) is 4.74 Å². The molecule has 0 spiro atoms. The van der Waals surface area contributed by atoms with Crippen molar-refractivity contribution in [3.05, 3.63) is 71.9 Å². The fourth-order valence-corrected chi connectivity index (χ4v) is 2.97. The standard InChI is InChI=1S/C22H23FN4O2/c1-4-27(16(3)14-29-20-9-6-15(2)13-26-20)22(28)19-12-17(23)7-8-18(19)21-24-10-5-11-25-21/h5-13,16H,4,14H2,1-3H3/t16-/m0/s1. The van der Waals surface area contributed by atoms with Gasteiger partial charge in [0.2, 0.25) is 5.88 Å². The summed E-state index contributed by atoms with van der Waals surface area (Å²) in [5, 5.41) is 0. The zero-order valence-electron chi connectivity index (χ0n) is 16.7. The molecule has 0 fully saturated rings. The Balaban J connectivity index is 1.81. The van der Waals surface area contributed by atoms with Gasteiger partial charge < -0.3 is 9.64 Å². The van der Waals surface area contributed by atoms with Crippen molar-refractivity contribution in [1.82, 2.24) is 19.9 Å². The number of rotatable bonds is 7. The SMILES string of the molecule is CCN(C(=O)c1cc(F)ccc1-c1ncccn1)[C@@H](C)COc1ccc(C)cn1. The Labute approximate surface area is 169 Å². The highest BCUT2D eigenvalue weighted by molar-refractivity contribution is 6.00. The summed E-state index contributed by atoms with van der Waals surface area (Å²) >= 11 is 0. The maximum absolute atomic E-state index is 13.9. The Morgan fingerprint density at radius 2 is 1.93 bits per heavy atom. The third-order valence-electron chi connectivity index (χ3n) is 4.51. The van der Waals surface area contributed by atoms with Crippen molar-refractivity contribution in [1.29, 1.82) is 0 Å². The predicted molar refractivity (Wildman–Crippen MR) is 108 cm³/mol. The highest BCUT2D eigenvalue weighted by Crippen LogP contribution is 2.23. The molecule has 0 aliphatic heterocycles. The highest BCUT2D eigenvalue weighted by Gasteiger charge is 2.24. The molecular weight excluding hydrogens is 371 g/mol. The molecule has 0 aliphatic carbocycles. The third kappa shape index (κ3) is 4.93. The summed E-state index contributed by atoms with van der Waals surface area (Å²) in [7, 11) is 0. The molecule has 0 aliphatic rings. The van der Waals surface area contributed by atoms with Crippen LogP contribution in [-0.2, 0) is 0 Å². The minimum atomic E-state index is -0.489. The zero-order chi connectivity index (χ0) is 20.8. The van der Waals surface area contributed by atoms with Gasteiger partial charge in [-0.3, -0.25) is 4.79 Å². The van der Waals surface area contributed by atoms with Gasteiger partial charge in [-0.25, -0.2) is 19.3 Å². The molecule has 1 atom stereocenters. The predicted octanol–water partition coefficient (Wildman–Crippen LogP) is 3.92. The van der Waals surface area contributed by atoms with Crippen LogP contribution in [0, 0.1) is 12.7 Å². The second-order valence-corrected chi connectivity index (χ2v) is 6.69. The first-order valence-electron chi connectivity index (χ1n) is 9.43. The molecule has 0 saturated carbocycles. The second kappa shape index (κ2) is 9.23. The van der Waals surface area contributed by atoms with Crippen LogP contribution in [0.25, 0.3) is 11.4 Å². The molecule has 1 aromatic carbocycles. The molecule has 0 saturated heterocycles. The van der Waals surface area contributed by atoms with Crippen LogP contribution < -0.4 is 4.74 Å². The van der Waals surface area contributed by atoms with Gasteiger partial charge in [0, 0.05) is 36.8 Å². The van der Waals surface area contributed by atoms with E-state index < -0.39 is 5.82 Å². The molecule has 0 bridgehead atoms. The first-order valence-corrected chi connectivity index (χ1v) is 9.43. The lowest BCUT2D eigenvalue weighted by atomic mass is 10.0. The number of likely N-dealkylation sites (N-methyl/N-ethyl adjacent to an activating group) is 1. The van der Waals surface area contributed by atoms with E-state index >= 15 is 0 Å². The van der Waals surface area contributed by atoms with E-state index in [-0.39, 0.29) is 24.1 Å². The first kappa shape index (κ1) is 20.4. The lowest BCUT2D eigenvalue weighted by Crippen LogP contribution is -2.42. The van der Waals surface area contributed by atoms with Crippen molar-refractivity contribution in [3.63, 3.8) is 0 Å². The number of carbonyl (C=O) groups is 1. The molecule has 0 radical (unpaired) electrons. The molecule has 1 amide bonds. The van der Waals surface area contributed by atoms with Crippen LogP contribution in [-0.4, -0.2) is 45.0 Å². The average molecular weight is 394 g/mol. The molecule has 150 valence electrons. The van der Waals surface area contributed by atoms with Gasteiger partial charge in [0.1, 0.15) is 12.4 Å². The molecule has 3 aromatic rings. The number of ether oxygens (including phenoxy) is 1. The Morgan fingerprint density at radius 3 is 2.59 bits per heavy atom. The highest BCUT2D eigenvalue weighted by atomic mass is 19.1. The number of amides is 1. The minimum Gasteiger partial charge on any atom is -0.475 e. The van der Waals surface area contributed by atoms with Gasteiger partial charge in [0.15, 0.2) is 5.82 Å². The lowest BCUT2D eigenvalue weighted by Gasteiger charge is -2.28. The van der Waals surface area contributed by atoms with Crippen LogP contribution in [0.4, 0.5) is 4.39 Å². The summed E-state index contributed by atoms with van der Waals surface area (Å²) < 4.78 is 19.7. The van der Waals surface area contributed by atoms with E-state index in [0.717, 1.165) is 5.56 Å². The summed E-state index contributed by atoms with van der Waals surface area (Å²) in [6.07, 6.45) is 4.90. The van der Waals surface area contributed by atoms with Gasteiger partial charge in [0.25, 0.3) is 5.91 Å². The summed E-state index contributed by atoms with van der Waals surface area (Å²) in [5.74, 6) is 0.0778. The van der Waals surface area contributed by atoms with E-state index in [1.807, 2.05) is 26.8 Å². The molecule has 2 heterocycles. The van der Waals surface area contributed by atoms with Crippen molar-refractivity contribution in [2.45, 2.75) is 26.8 Å². The van der Waals surface area contributed by atoms with Gasteiger partial charge in [-0.15, -0.1) is 0 Å². The van der Waals surface area contributed by atoms with Gasteiger partial charge >= 0.3 is 0 Å². The summed E-state index contributed by atoms with van der Waals surface area (Å²) in [4.78, 5) is 27.5. The summed E-state index contributed by atoms with van der Waals surface area (Å²) in [6, 6.07) is 9.20. The molecule has 7 heteroatoms. The normalized spacial score (nSPS) is 11.7. The number of hydrogen-bond donors (Lipinski definition) is 0. The Bertz CT molecular complexity index is 964. The molecule has 2 aromatic heterocycles. The van der Waals surface area contributed by atoms with Crippen LogP contribution in [0.1, 0.15) is 29.8 Å². The van der Waals surface area contributed by atoms with Crippen LogP contribution in [0.2, 0.25) is 0 Å². The monoisotopic (exact) mass is 394 g/mol. The summed E-state index contributed by atoms with van der Waals surface area (Å²) in [5.41, 5.74) is 1.75. The van der Waals surface area contributed by atoms with E-state index in [9.17, 15) is 9.18 Å². The van der Waals surface area contributed by atoms with Crippen molar-refractivity contribution < 1.29 is 13.9 Å². The summed E-state index contributed by atoms with van der Waals surface area (Å²) in [6.45, 7) is 6.41. The first-order chi connectivity index (χ1) is 14.0. The molecule has 0 N–H and O–H groups in total. The minimum absolute atomic E-state index is 0.221. The van der Waals surface area contributed by atoms with Gasteiger partial charge in [0.05, 0.1) is 11.6 Å². The van der Waals surface area contributed by atoms with Crippen LogP contribution in [0.5, 0.6) is 5.88 Å². The zero-order valence-corrected chi connectivity index (χ0v) is 16.7. The Morgan fingerprint density at radius 1 is 1.17 bits per heavy atom. The molecular formula is C22H23FN4O2. The molecule has 3 rings (SSSR count). The van der Waals surface area contributed by atoms with E-state index in [1.165, 1.54) is 18.2 Å². The Hall–Kier alpha value is -3.35. The average Bonchev–Trinajstić information content (AvgIpc) is 2.74. The van der Waals surface area contributed by atoms with Crippen LogP contribution in [0.15, 0.2) is 55.0 Å². The van der Waals surface area contributed by atoms with Gasteiger partial charge in [-0.2, -0.15) is 0 Å². The van der Waals surface area contributed by atoms with Gasteiger partial charge in [-0.1, -0.05) is 6.07 Å². The molecule has 0 unspecified atom stereocenters. The van der Waals surface area contributed by atoms with Crippen LogP contribution >= 0.6 is 0 Å². The van der Waals surface area contributed by atoms with E-state index in [2.05, 4.69) is 15.0 Å². The molecule has 29 heavy (non-hydrogen) atoms. The topological polar surface area (TPSA) is 68.2 Å². The van der Waals surface area contributed by atoms with E-state index in [0.29, 0.717) is 23.8 Å². The second-order valence-electron chi connectivity index (χ2n) is 6.69. The number of aryl methyl sites for hydroxylation is 1. The maximum atomic E-state index is 13.9. The number of benzene rings is 1. The van der Waals surface area contributed by atoms with Crippen LogP contribution in [0.3, 0.4) is 0 Å². The van der Waals surface area contributed by atoms with Crippen molar-refractivity contribution in [2.75, 3.05) is 13.2 Å². The lowest BCUT2D eigenvalue weighted by molar-refractivity contribution is 0.0646. The fourth-order valence-electron chi connectivity index (χ4n) is 2.97. The quantitative estimate of drug-likeness (QED) is 0.608. The molecule has 6 nitrogen and oxygen atoms in total. The largest absolute Gasteiger partial charge is 0.475 e. The maximum Gasteiger partial charge on any atom is 0.255 e. The third-order valence-corrected chi connectivity index (χ3v) is 4.51. The number of aromatic nitrogens is 3. The van der Waals surface area contributed by atoms with Gasteiger partial charge in [-0.05, 0) is 50.6 Å². The van der Waals surface area contributed by atoms with E-state index in [1.54, 1.807) is 35.6 Å². The van der Waals surface area contributed by atoms with Crippen molar-refractivity contribution >= 4 is 5.91 Å². The number of halogens is 1. The van der Waals surface area contributed by atoms with Crippen molar-refractivity contribution in [3.8, 4) is 17.3 Å². The Kier molecular flexibility index (Phi) is 6.49. The fraction of sp³-hybridized carbons (Fsp3) is 0.273. The number of pyridine rings is 1. The number of hydrogen-bond acceptors (Lipinski definition) is 5.